The van der Waals surface area contributed by atoms with Crippen LogP contribution in [0.5, 0.6) is 5.75 Å². The SMILES string of the molecule is CCCc1nc(SCC(=O)Nc2ccccc2OC)c2c(=O)n(C)c(=O)n(C)c2n1. The Hall–Kier alpha value is -3.14. The lowest BCUT2D eigenvalue weighted by molar-refractivity contribution is -0.113. The van der Waals surface area contributed by atoms with Crippen LogP contribution in [0.2, 0.25) is 0 Å². The Balaban J connectivity index is 1.96. The normalized spacial score (nSPS) is 10.9. The third-order valence-corrected chi connectivity index (χ3v) is 5.48. The van der Waals surface area contributed by atoms with E-state index in [-0.39, 0.29) is 22.7 Å². The standard InChI is InChI=1S/C20H23N5O4S/c1-5-8-14-22-17-16(19(27)25(3)20(28)24(17)2)18(23-14)30-11-15(26)21-12-9-6-7-10-13(12)29-4/h6-7,9-10H,5,8,11H2,1-4H3,(H,21,26). The Morgan fingerprint density at radius 3 is 2.60 bits per heavy atom. The molecule has 0 aliphatic heterocycles. The summed E-state index contributed by atoms with van der Waals surface area (Å²) in [5, 5.41) is 3.41. The number of benzene rings is 1. The number of ether oxygens (including phenoxy) is 1. The monoisotopic (exact) mass is 429 g/mol. The summed E-state index contributed by atoms with van der Waals surface area (Å²) < 4.78 is 7.59. The van der Waals surface area contributed by atoms with E-state index in [2.05, 4.69) is 15.3 Å². The van der Waals surface area contributed by atoms with Crippen LogP contribution in [-0.4, -0.2) is 37.9 Å². The molecule has 0 aliphatic rings. The van der Waals surface area contributed by atoms with Gasteiger partial charge in [-0.15, -0.1) is 0 Å². The Labute approximate surface area is 177 Å². The van der Waals surface area contributed by atoms with E-state index in [1.807, 2.05) is 13.0 Å². The van der Waals surface area contributed by atoms with E-state index in [0.717, 1.165) is 22.7 Å². The second-order valence-electron chi connectivity index (χ2n) is 6.64. The van der Waals surface area contributed by atoms with Gasteiger partial charge in [-0.1, -0.05) is 30.8 Å². The summed E-state index contributed by atoms with van der Waals surface area (Å²) in [6, 6.07) is 7.10. The molecule has 9 nitrogen and oxygen atoms in total. The number of aromatic nitrogens is 4. The Bertz CT molecular complexity index is 1220. The number of thioether (sulfide) groups is 1. The molecule has 0 radical (unpaired) electrons. The predicted molar refractivity (Wildman–Crippen MR) is 116 cm³/mol. The fraction of sp³-hybridized carbons (Fsp3) is 0.350. The summed E-state index contributed by atoms with van der Waals surface area (Å²) in [7, 11) is 4.50. The van der Waals surface area contributed by atoms with Gasteiger partial charge < -0.3 is 10.1 Å². The smallest absolute Gasteiger partial charge is 0.332 e. The zero-order valence-corrected chi connectivity index (χ0v) is 18.1. The van der Waals surface area contributed by atoms with Gasteiger partial charge in [-0.05, 0) is 18.6 Å². The van der Waals surface area contributed by atoms with Crippen molar-refractivity contribution < 1.29 is 9.53 Å². The molecule has 2 heterocycles. The van der Waals surface area contributed by atoms with Crippen molar-refractivity contribution in [3.8, 4) is 5.75 Å². The number of para-hydroxylation sites is 2. The third-order valence-electron chi connectivity index (χ3n) is 4.51. The number of methoxy groups -OCH3 is 1. The molecule has 0 saturated carbocycles. The summed E-state index contributed by atoms with van der Waals surface area (Å²) >= 11 is 1.14. The summed E-state index contributed by atoms with van der Waals surface area (Å²) in [4.78, 5) is 46.5. The van der Waals surface area contributed by atoms with Gasteiger partial charge in [0.05, 0.1) is 18.6 Å². The lowest BCUT2D eigenvalue weighted by atomic mass is 10.3. The Morgan fingerprint density at radius 1 is 1.17 bits per heavy atom. The second kappa shape index (κ2) is 9.12. The molecule has 0 fully saturated rings. The number of carbonyl (C=O) groups is 1. The second-order valence-corrected chi connectivity index (χ2v) is 7.60. The van der Waals surface area contributed by atoms with Crippen molar-refractivity contribution in [2.75, 3.05) is 18.2 Å². The van der Waals surface area contributed by atoms with Crippen molar-refractivity contribution >= 4 is 34.4 Å². The van der Waals surface area contributed by atoms with Crippen LogP contribution in [0.3, 0.4) is 0 Å². The lowest BCUT2D eigenvalue weighted by Gasteiger charge is -2.12. The molecular formula is C20H23N5O4S. The molecule has 3 aromatic rings. The highest BCUT2D eigenvalue weighted by atomic mass is 32.2. The molecule has 0 saturated heterocycles. The first-order valence-electron chi connectivity index (χ1n) is 9.39. The van der Waals surface area contributed by atoms with Crippen LogP contribution >= 0.6 is 11.8 Å². The number of hydrogen-bond acceptors (Lipinski definition) is 7. The average Bonchev–Trinajstić information content (AvgIpc) is 2.75. The molecule has 0 spiro atoms. The van der Waals surface area contributed by atoms with Crippen molar-refractivity contribution in [3.63, 3.8) is 0 Å². The van der Waals surface area contributed by atoms with E-state index in [1.54, 1.807) is 25.2 Å². The van der Waals surface area contributed by atoms with Crippen LogP contribution < -0.4 is 21.3 Å². The molecule has 30 heavy (non-hydrogen) atoms. The molecule has 0 atom stereocenters. The summed E-state index contributed by atoms with van der Waals surface area (Å²) in [6.07, 6.45) is 1.41. The minimum Gasteiger partial charge on any atom is -0.495 e. The molecule has 1 amide bonds. The van der Waals surface area contributed by atoms with Crippen molar-refractivity contribution in [1.82, 2.24) is 19.1 Å². The largest absolute Gasteiger partial charge is 0.495 e. The summed E-state index contributed by atoms with van der Waals surface area (Å²) in [5.41, 5.74) is -0.111. The molecule has 2 aromatic heterocycles. The van der Waals surface area contributed by atoms with Crippen molar-refractivity contribution in [1.29, 1.82) is 0 Å². The first-order chi connectivity index (χ1) is 14.4. The van der Waals surface area contributed by atoms with Crippen LogP contribution in [0.15, 0.2) is 38.9 Å². The quantitative estimate of drug-likeness (QED) is 0.450. The van der Waals surface area contributed by atoms with E-state index in [9.17, 15) is 14.4 Å². The number of carbonyl (C=O) groups excluding carboxylic acids is 1. The molecule has 3 rings (SSSR count). The number of amides is 1. The average molecular weight is 430 g/mol. The van der Waals surface area contributed by atoms with Gasteiger partial charge in [-0.3, -0.25) is 18.7 Å². The molecule has 0 unspecified atom stereocenters. The topological polar surface area (TPSA) is 108 Å². The molecule has 0 bridgehead atoms. The van der Waals surface area contributed by atoms with Gasteiger partial charge in [0, 0.05) is 20.5 Å². The molecule has 1 N–H and O–H groups in total. The molecule has 1 aromatic carbocycles. The van der Waals surface area contributed by atoms with Crippen LogP contribution in [0.1, 0.15) is 19.2 Å². The molecular weight excluding hydrogens is 406 g/mol. The number of rotatable bonds is 7. The summed E-state index contributed by atoms with van der Waals surface area (Å²) in [5.74, 6) is 0.843. The number of anilines is 1. The summed E-state index contributed by atoms with van der Waals surface area (Å²) in [6.45, 7) is 1.99. The highest BCUT2D eigenvalue weighted by Gasteiger charge is 2.18. The van der Waals surface area contributed by atoms with E-state index in [1.165, 1.54) is 18.7 Å². The van der Waals surface area contributed by atoms with Gasteiger partial charge >= 0.3 is 5.69 Å². The number of aryl methyl sites for hydroxylation is 2. The molecule has 0 aliphatic carbocycles. The van der Waals surface area contributed by atoms with Crippen molar-refractivity contribution in [2.24, 2.45) is 14.1 Å². The van der Waals surface area contributed by atoms with Gasteiger partial charge in [0.1, 0.15) is 22.0 Å². The van der Waals surface area contributed by atoms with Crippen LogP contribution in [0, 0.1) is 0 Å². The minimum atomic E-state index is -0.483. The van der Waals surface area contributed by atoms with Gasteiger partial charge in [-0.25, -0.2) is 14.8 Å². The zero-order valence-electron chi connectivity index (χ0n) is 17.3. The highest BCUT2D eigenvalue weighted by molar-refractivity contribution is 8.00. The van der Waals surface area contributed by atoms with Crippen LogP contribution in [0.25, 0.3) is 11.0 Å². The molecule has 10 heteroatoms. The Kier molecular flexibility index (Phi) is 6.56. The van der Waals surface area contributed by atoms with Crippen molar-refractivity contribution in [3.05, 3.63) is 50.9 Å². The molecule has 158 valence electrons. The van der Waals surface area contributed by atoms with Crippen LogP contribution in [-0.2, 0) is 25.3 Å². The first-order valence-corrected chi connectivity index (χ1v) is 10.4. The number of nitrogens with zero attached hydrogens (tertiary/aromatic N) is 4. The fourth-order valence-electron chi connectivity index (χ4n) is 2.98. The zero-order chi connectivity index (χ0) is 21.8. The predicted octanol–water partition coefficient (Wildman–Crippen LogP) is 1.72. The third kappa shape index (κ3) is 4.23. The lowest BCUT2D eigenvalue weighted by Crippen LogP contribution is -2.38. The number of hydrogen-bond donors (Lipinski definition) is 1. The maximum atomic E-state index is 12.7. The highest BCUT2D eigenvalue weighted by Crippen LogP contribution is 2.25. The number of nitrogens with one attached hydrogen (secondary N) is 1. The first kappa shape index (κ1) is 21.6. The van der Waals surface area contributed by atoms with E-state index in [0.29, 0.717) is 28.7 Å². The van der Waals surface area contributed by atoms with E-state index in [4.69, 9.17) is 4.74 Å². The van der Waals surface area contributed by atoms with E-state index < -0.39 is 11.2 Å². The Morgan fingerprint density at radius 2 is 1.90 bits per heavy atom. The minimum absolute atomic E-state index is 0.0295. The van der Waals surface area contributed by atoms with Gasteiger partial charge in [-0.2, -0.15) is 0 Å². The van der Waals surface area contributed by atoms with E-state index >= 15 is 0 Å². The van der Waals surface area contributed by atoms with Gasteiger partial charge in [0.2, 0.25) is 5.91 Å². The van der Waals surface area contributed by atoms with Crippen molar-refractivity contribution in [2.45, 2.75) is 24.8 Å². The van der Waals surface area contributed by atoms with Gasteiger partial charge in [0.15, 0.2) is 5.65 Å². The maximum absolute atomic E-state index is 12.7. The number of fused-ring (bicyclic) bond motifs is 1. The fourth-order valence-corrected chi connectivity index (χ4v) is 3.81. The van der Waals surface area contributed by atoms with Crippen LogP contribution in [0.4, 0.5) is 5.69 Å². The van der Waals surface area contributed by atoms with Gasteiger partial charge in [0.25, 0.3) is 5.56 Å². The maximum Gasteiger partial charge on any atom is 0.332 e.